The minimum atomic E-state index is -0.898. The molecule has 1 amide bonds. The first-order chi connectivity index (χ1) is 14.4. The molecular weight excluding hydrogens is 409 g/mol. The van der Waals surface area contributed by atoms with E-state index in [-0.39, 0.29) is 16.9 Å². The van der Waals surface area contributed by atoms with Crippen LogP contribution in [-0.4, -0.2) is 46.6 Å². The van der Waals surface area contributed by atoms with Crippen molar-refractivity contribution in [2.75, 3.05) is 25.6 Å². The number of hydrogen-bond donors (Lipinski definition) is 2. The molecule has 4 rings (SSSR count). The van der Waals surface area contributed by atoms with Gasteiger partial charge in [0.05, 0.1) is 31.6 Å². The minimum Gasteiger partial charge on any atom is -0.480 e. The quantitative estimate of drug-likeness (QED) is 0.765. The Morgan fingerprint density at radius 3 is 2.97 bits per heavy atom. The fourth-order valence-electron chi connectivity index (χ4n) is 3.86. The number of carbonyl (C=O) groups excluding carboxylic acids is 1. The Morgan fingerprint density at radius 2 is 2.23 bits per heavy atom. The summed E-state index contributed by atoms with van der Waals surface area (Å²) in [5, 5.41) is 3.37. The third-order valence-electron chi connectivity index (χ3n) is 5.47. The molecule has 10 heteroatoms. The maximum Gasteiger partial charge on any atom is 0.275 e. The summed E-state index contributed by atoms with van der Waals surface area (Å²) < 4.78 is 25.5. The second-order valence-electron chi connectivity index (χ2n) is 7.32. The topological polar surface area (TPSA) is 112 Å². The van der Waals surface area contributed by atoms with Crippen LogP contribution in [0.25, 0.3) is 0 Å². The smallest absolute Gasteiger partial charge is 0.275 e. The normalized spacial score (nSPS) is 25.8. The summed E-state index contributed by atoms with van der Waals surface area (Å²) in [6.45, 7) is 2.99. The van der Waals surface area contributed by atoms with Crippen LogP contribution in [0.3, 0.4) is 0 Å². The van der Waals surface area contributed by atoms with Crippen LogP contribution in [0.5, 0.6) is 5.88 Å². The van der Waals surface area contributed by atoms with Gasteiger partial charge in [0.25, 0.3) is 5.91 Å². The molecule has 1 aromatic heterocycles. The lowest BCUT2D eigenvalue weighted by Gasteiger charge is -2.45. The highest BCUT2D eigenvalue weighted by Crippen LogP contribution is 2.47. The van der Waals surface area contributed by atoms with Gasteiger partial charge >= 0.3 is 0 Å². The summed E-state index contributed by atoms with van der Waals surface area (Å²) >= 11 is 1.52. The summed E-state index contributed by atoms with van der Waals surface area (Å²) in [5.41, 5.74) is 6.09. The Hall–Kier alpha value is -2.72. The van der Waals surface area contributed by atoms with Gasteiger partial charge in [-0.3, -0.25) is 9.79 Å². The molecule has 0 radical (unpaired) electrons. The van der Waals surface area contributed by atoms with Gasteiger partial charge < -0.3 is 20.5 Å². The van der Waals surface area contributed by atoms with Gasteiger partial charge in [-0.1, -0.05) is 11.8 Å². The number of amides is 1. The largest absolute Gasteiger partial charge is 0.480 e. The first-order valence-electron chi connectivity index (χ1n) is 9.48. The van der Waals surface area contributed by atoms with Crippen molar-refractivity contribution in [2.24, 2.45) is 16.6 Å². The van der Waals surface area contributed by atoms with Crippen LogP contribution < -0.4 is 15.8 Å². The van der Waals surface area contributed by atoms with Crippen molar-refractivity contribution in [3.8, 4) is 5.88 Å². The fraction of sp³-hybridized carbons (Fsp3) is 0.400. The van der Waals surface area contributed by atoms with Crippen molar-refractivity contribution in [2.45, 2.75) is 24.1 Å². The van der Waals surface area contributed by atoms with Crippen molar-refractivity contribution in [3.63, 3.8) is 0 Å². The standard InChI is InChI=1S/C20H22FN5O3S/c1-20(13-10-29-6-5-16(13)30-19(22)26-20)12-7-11(3-4-14(12)21)25-18(27)15-8-24-17(28-2)9-23-15/h3-4,7-9,13,16H,5-6,10H2,1-2H3,(H2,22,26)(H,25,27)/t13?,16?,20-/m1/s1. The van der Waals surface area contributed by atoms with Crippen LogP contribution >= 0.6 is 11.8 Å². The number of rotatable bonds is 4. The van der Waals surface area contributed by atoms with E-state index in [9.17, 15) is 9.18 Å². The Morgan fingerprint density at radius 1 is 1.40 bits per heavy atom. The number of anilines is 1. The van der Waals surface area contributed by atoms with E-state index in [0.29, 0.717) is 35.5 Å². The summed E-state index contributed by atoms with van der Waals surface area (Å²) in [4.78, 5) is 25.1. The zero-order valence-corrected chi connectivity index (χ0v) is 17.4. The molecule has 0 aliphatic carbocycles. The van der Waals surface area contributed by atoms with Crippen molar-refractivity contribution in [1.82, 2.24) is 9.97 Å². The van der Waals surface area contributed by atoms with Crippen molar-refractivity contribution in [1.29, 1.82) is 0 Å². The molecule has 2 aliphatic heterocycles. The number of halogens is 1. The van der Waals surface area contributed by atoms with E-state index in [1.807, 2.05) is 6.92 Å². The van der Waals surface area contributed by atoms with Crippen LogP contribution in [-0.2, 0) is 10.3 Å². The molecule has 30 heavy (non-hydrogen) atoms. The highest BCUT2D eigenvalue weighted by molar-refractivity contribution is 8.14. The number of aromatic nitrogens is 2. The van der Waals surface area contributed by atoms with Crippen molar-refractivity contribution in [3.05, 3.63) is 47.7 Å². The van der Waals surface area contributed by atoms with Gasteiger partial charge in [-0.15, -0.1) is 0 Å². The number of methoxy groups -OCH3 is 1. The number of hydrogen-bond acceptors (Lipinski definition) is 8. The number of amidine groups is 1. The molecule has 3 N–H and O–H groups in total. The maximum absolute atomic E-state index is 14.9. The number of nitrogens with zero attached hydrogens (tertiary/aromatic N) is 3. The maximum atomic E-state index is 14.9. The average Bonchev–Trinajstić information content (AvgIpc) is 2.75. The molecule has 3 heterocycles. The lowest BCUT2D eigenvalue weighted by atomic mass is 9.76. The Balaban J connectivity index is 1.64. The number of aliphatic imine (C=N–C) groups is 1. The second-order valence-corrected chi connectivity index (χ2v) is 8.58. The lowest BCUT2D eigenvalue weighted by molar-refractivity contribution is 0.0280. The van der Waals surface area contributed by atoms with E-state index >= 15 is 0 Å². The van der Waals surface area contributed by atoms with Crippen LogP contribution in [0, 0.1) is 11.7 Å². The molecule has 3 atom stereocenters. The van der Waals surface area contributed by atoms with Gasteiger partial charge in [0, 0.05) is 29.0 Å². The molecule has 0 bridgehead atoms. The highest BCUT2D eigenvalue weighted by atomic mass is 32.2. The Labute approximate surface area is 177 Å². The fourth-order valence-corrected chi connectivity index (χ4v) is 5.14. The summed E-state index contributed by atoms with van der Waals surface area (Å²) in [5.74, 6) is -0.601. The third kappa shape index (κ3) is 3.84. The van der Waals surface area contributed by atoms with Gasteiger partial charge in [0.2, 0.25) is 5.88 Å². The molecule has 2 unspecified atom stereocenters. The van der Waals surface area contributed by atoms with E-state index in [4.69, 9.17) is 15.2 Å². The van der Waals surface area contributed by atoms with E-state index in [0.717, 1.165) is 6.42 Å². The van der Waals surface area contributed by atoms with E-state index < -0.39 is 17.3 Å². The molecule has 8 nitrogen and oxygen atoms in total. The lowest BCUT2D eigenvalue weighted by Crippen LogP contribution is -2.48. The Kier molecular flexibility index (Phi) is 5.61. The van der Waals surface area contributed by atoms with Crippen LogP contribution in [0.15, 0.2) is 35.6 Å². The first-order valence-corrected chi connectivity index (χ1v) is 10.4. The van der Waals surface area contributed by atoms with E-state index in [2.05, 4.69) is 20.3 Å². The van der Waals surface area contributed by atoms with Crippen LogP contribution in [0.1, 0.15) is 29.4 Å². The van der Waals surface area contributed by atoms with Crippen LogP contribution in [0.4, 0.5) is 10.1 Å². The zero-order valence-electron chi connectivity index (χ0n) is 16.6. The van der Waals surface area contributed by atoms with Crippen molar-refractivity contribution >= 4 is 28.5 Å². The van der Waals surface area contributed by atoms with Gasteiger partial charge in [0.15, 0.2) is 5.17 Å². The number of thioether (sulfide) groups is 1. The SMILES string of the molecule is COc1cnc(C(=O)Nc2ccc(F)c([C@@]3(C)N=C(N)SC4CCOCC43)c2)cn1. The van der Waals surface area contributed by atoms with Crippen LogP contribution in [0.2, 0.25) is 0 Å². The van der Waals surface area contributed by atoms with Crippen molar-refractivity contribution < 1.29 is 18.7 Å². The number of nitrogens with one attached hydrogen (secondary N) is 1. The zero-order chi connectivity index (χ0) is 21.3. The molecule has 0 saturated carbocycles. The number of fused-ring (bicyclic) bond motifs is 1. The van der Waals surface area contributed by atoms with Gasteiger partial charge in [0.1, 0.15) is 11.5 Å². The molecule has 0 spiro atoms. The van der Waals surface area contributed by atoms with Gasteiger partial charge in [-0.05, 0) is 31.5 Å². The molecule has 158 valence electrons. The minimum absolute atomic E-state index is 0.0311. The van der Waals surface area contributed by atoms with Gasteiger partial charge in [-0.2, -0.15) is 0 Å². The average molecular weight is 431 g/mol. The number of benzene rings is 1. The van der Waals surface area contributed by atoms with Gasteiger partial charge in [-0.25, -0.2) is 14.4 Å². The summed E-state index contributed by atoms with van der Waals surface area (Å²) in [6, 6.07) is 4.42. The first kappa shape index (κ1) is 20.5. The molecule has 2 aliphatic rings. The predicted molar refractivity (Wildman–Crippen MR) is 112 cm³/mol. The molecule has 1 saturated heterocycles. The third-order valence-corrected chi connectivity index (χ3v) is 6.67. The second kappa shape index (κ2) is 8.19. The number of carbonyl (C=O) groups is 1. The Bertz CT molecular complexity index is 987. The molecule has 1 aromatic carbocycles. The molecule has 1 fully saturated rings. The predicted octanol–water partition coefficient (Wildman–Crippen LogP) is 2.56. The van der Waals surface area contributed by atoms with E-state index in [1.165, 1.54) is 43.4 Å². The highest BCUT2D eigenvalue weighted by Gasteiger charge is 2.47. The molecule has 2 aromatic rings. The summed E-state index contributed by atoms with van der Waals surface area (Å²) in [6.07, 6.45) is 3.50. The summed E-state index contributed by atoms with van der Waals surface area (Å²) in [7, 11) is 1.46. The number of nitrogens with two attached hydrogens (primary N) is 1. The van der Waals surface area contributed by atoms with E-state index in [1.54, 1.807) is 6.07 Å². The number of ether oxygens (including phenoxy) is 2. The monoisotopic (exact) mass is 431 g/mol. The molecular formula is C20H22FN5O3S.